The highest BCUT2D eigenvalue weighted by molar-refractivity contribution is 5.35. The van der Waals surface area contributed by atoms with E-state index in [0.29, 0.717) is 17.9 Å². The van der Waals surface area contributed by atoms with E-state index in [1.54, 1.807) is 18.2 Å². The van der Waals surface area contributed by atoms with E-state index in [-0.39, 0.29) is 13.0 Å². The van der Waals surface area contributed by atoms with Crippen LogP contribution in [-0.4, -0.2) is 31.4 Å². The van der Waals surface area contributed by atoms with Crippen LogP contribution in [0.25, 0.3) is 0 Å². The van der Waals surface area contributed by atoms with Crippen LogP contribution < -0.4 is 4.74 Å². The Balaban J connectivity index is 2.48. The van der Waals surface area contributed by atoms with Crippen LogP contribution in [0.2, 0.25) is 0 Å². The first-order chi connectivity index (χ1) is 9.15. The summed E-state index contributed by atoms with van der Waals surface area (Å²) in [6.45, 7) is 2.07. The first kappa shape index (κ1) is 15.9. The van der Waals surface area contributed by atoms with Crippen molar-refractivity contribution in [3.8, 4) is 5.75 Å². The largest absolute Gasteiger partial charge is 0.493 e. The smallest absolute Gasteiger partial charge is 0.261 e. The van der Waals surface area contributed by atoms with Crippen LogP contribution in [0.4, 0.5) is 8.78 Å². The Kier molecular flexibility index (Phi) is 7.36. The number of para-hydroxylation sites is 1. The van der Waals surface area contributed by atoms with Crippen molar-refractivity contribution in [3.63, 3.8) is 0 Å². The number of benzene rings is 1. The van der Waals surface area contributed by atoms with Crippen LogP contribution in [0.15, 0.2) is 24.3 Å². The zero-order chi connectivity index (χ0) is 14.1. The summed E-state index contributed by atoms with van der Waals surface area (Å²) in [6, 6.07) is 7.18. The summed E-state index contributed by atoms with van der Waals surface area (Å²) in [7, 11) is 0. The maximum atomic E-state index is 11.9. The van der Waals surface area contributed by atoms with Gasteiger partial charge in [0.1, 0.15) is 12.4 Å². The minimum Gasteiger partial charge on any atom is -0.493 e. The second-order valence-corrected chi connectivity index (χ2v) is 4.16. The van der Waals surface area contributed by atoms with E-state index in [2.05, 4.69) is 0 Å². The van der Waals surface area contributed by atoms with Crippen molar-refractivity contribution in [3.05, 3.63) is 29.8 Å². The van der Waals surface area contributed by atoms with Gasteiger partial charge in [0.15, 0.2) is 0 Å². The van der Waals surface area contributed by atoms with Gasteiger partial charge in [0.2, 0.25) is 0 Å². The van der Waals surface area contributed by atoms with Crippen LogP contribution in [-0.2, 0) is 4.74 Å². The molecule has 0 saturated carbocycles. The summed E-state index contributed by atoms with van der Waals surface area (Å²) in [5, 5.41) is 10.0. The summed E-state index contributed by atoms with van der Waals surface area (Å²) < 4.78 is 34.0. The summed E-state index contributed by atoms with van der Waals surface area (Å²) in [4.78, 5) is 0. The lowest BCUT2D eigenvalue weighted by Crippen LogP contribution is -2.09. The van der Waals surface area contributed by atoms with Crippen LogP contribution in [0, 0.1) is 0 Å². The van der Waals surface area contributed by atoms with Gasteiger partial charge in [0.25, 0.3) is 6.43 Å². The first-order valence-corrected chi connectivity index (χ1v) is 6.40. The van der Waals surface area contributed by atoms with Gasteiger partial charge >= 0.3 is 0 Å². The predicted octanol–water partition coefficient (Wildman–Crippen LogP) is 3.18. The number of aliphatic hydroxyl groups is 1. The van der Waals surface area contributed by atoms with Crippen molar-refractivity contribution in [2.75, 3.05) is 19.8 Å². The highest BCUT2D eigenvalue weighted by atomic mass is 19.3. The van der Waals surface area contributed by atoms with Gasteiger partial charge in [-0.25, -0.2) is 8.78 Å². The molecular formula is C14H20F2O3. The highest BCUT2D eigenvalue weighted by Crippen LogP contribution is 2.27. The minimum atomic E-state index is -2.47. The number of hydrogen-bond donors (Lipinski definition) is 1. The molecule has 0 aliphatic heterocycles. The fraction of sp³-hybridized carbons (Fsp3) is 0.571. The van der Waals surface area contributed by atoms with Gasteiger partial charge < -0.3 is 14.6 Å². The van der Waals surface area contributed by atoms with E-state index in [0.717, 1.165) is 6.42 Å². The maximum absolute atomic E-state index is 11.9. The van der Waals surface area contributed by atoms with Crippen molar-refractivity contribution < 1.29 is 23.4 Å². The zero-order valence-electron chi connectivity index (χ0n) is 11.0. The standard InChI is InChI=1S/C14H20F2O3/c1-2-8-19-13-6-4-3-5-11(13)12(17)7-9-18-10-14(15)16/h3-6,12,14,17H,2,7-10H2,1H3. The van der Waals surface area contributed by atoms with Crippen molar-refractivity contribution in [2.45, 2.75) is 32.3 Å². The van der Waals surface area contributed by atoms with Gasteiger partial charge in [-0.1, -0.05) is 25.1 Å². The molecule has 19 heavy (non-hydrogen) atoms. The Labute approximate surface area is 112 Å². The van der Waals surface area contributed by atoms with Gasteiger partial charge in [-0.3, -0.25) is 0 Å². The second kappa shape index (κ2) is 8.82. The number of alkyl halides is 2. The topological polar surface area (TPSA) is 38.7 Å². The van der Waals surface area contributed by atoms with E-state index in [4.69, 9.17) is 9.47 Å². The monoisotopic (exact) mass is 274 g/mol. The highest BCUT2D eigenvalue weighted by Gasteiger charge is 2.13. The number of aliphatic hydroxyl groups excluding tert-OH is 1. The summed E-state index contributed by atoms with van der Waals surface area (Å²) >= 11 is 0. The molecule has 0 saturated heterocycles. The maximum Gasteiger partial charge on any atom is 0.261 e. The van der Waals surface area contributed by atoms with Crippen molar-refractivity contribution in [1.82, 2.24) is 0 Å². The molecule has 0 amide bonds. The van der Waals surface area contributed by atoms with E-state index >= 15 is 0 Å². The molecule has 1 N–H and O–H groups in total. The lowest BCUT2D eigenvalue weighted by molar-refractivity contribution is 0.00455. The van der Waals surface area contributed by atoms with Crippen molar-refractivity contribution in [1.29, 1.82) is 0 Å². The molecular weight excluding hydrogens is 254 g/mol. The van der Waals surface area contributed by atoms with Crippen molar-refractivity contribution in [2.24, 2.45) is 0 Å². The molecule has 108 valence electrons. The number of ether oxygens (including phenoxy) is 2. The molecule has 0 fully saturated rings. The minimum absolute atomic E-state index is 0.0909. The Hall–Kier alpha value is -1.20. The molecule has 0 spiro atoms. The average molecular weight is 274 g/mol. The number of halogens is 2. The number of rotatable bonds is 9. The molecule has 0 aromatic heterocycles. The Bertz CT molecular complexity index is 358. The van der Waals surface area contributed by atoms with Gasteiger partial charge in [-0.05, 0) is 12.5 Å². The molecule has 1 unspecified atom stereocenters. The molecule has 0 heterocycles. The van der Waals surface area contributed by atoms with Crippen molar-refractivity contribution >= 4 is 0 Å². The zero-order valence-corrected chi connectivity index (χ0v) is 11.0. The van der Waals surface area contributed by atoms with Crippen LogP contribution in [0.1, 0.15) is 31.4 Å². The third-order valence-electron chi connectivity index (χ3n) is 2.52. The molecule has 1 aromatic carbocycles. The normalized spacial score (nSPS) is 12.7. The molecule has 1 atom stereocenters. The summed E-state index contributed by atoms with van der Waals surface area (Å²) in [5.41, 5.74) is 0.664. The molecule has 0 bridgehead atoms. The van der Waals surface area contributed by atoms with Crippen LogP contribution in [0.5, 0.6) is 5.75 Å². The molecule has 1 rings (SSSR count). The summed E-state index contributed by atoms with van der Waals surface area (Å²) in [5.74, 6) is 0.630. The van der Waals surface area contributed by atoms with E-state index in [1.807, 2.05) is 13.0 Å². The third-order valence-corrected chi connectivity index (χ3v) is 2.52. The molecule has 0 aliphatic rings. The van der Waals surface area contributed by atoms with Crippen LogP contribution >= 0.6 is 0 Å². The Morgan fingerprint density at radius 2 is 1.95 bits per heavy atom. The Morgan fingerprint density at radius 3 is 2.63 bits per heavy atom. The lowest BCUT2D eigenvalue weighted by atomic mass is 10.1. The van der Waals surface area contributed by atoms with Crippen LogP contribution in [0.3, 0.4) is 0 Å². The number of hydrogen-bond acceptors (Lipinski definition) is 3. The average Bonchev–Trinajstić information content (AvgIpc) is 2.41. The molecule has 0 aliphatic carbocycles. The Morgan fingerprint density at radius 1 is 1.21 bits per heavy atom. The van der Waals surface area contributed by atoms with Gasteiger partial charge in [-0.15, -0.1) is 0 Å². The van der Waals surface area contributed by atoms with Gasteiger partial charge in [0, 0.05) is 18.6 Å². The van der Waals surface area contributed by atoms with E-state index in [9.17, 15) is 13.9 Å². The lowest BCUT2D eigenvalue weighted by Gasteiger charge is -2.16. The fourth-order valence-electron chi connectivity index (χ4n) is 1.62. The molecule has 3 nitrogen and oxygen atoms in total. The fourth-order valence-corrected chi connectivity index (χ4v) is 1.62. The molecule has 5 heteroatoms. The molecule has 0 radical (unpaired) electrons. The van der Waals surface area contributed by atoms with Gasteiger partial charge in [-0.2, -0.15) is 0 Å². The predicted molar refractivity (Wildman–Crippen MR) is 68.6 cm³/mol. The van der Waals surface area contributed by atoms with Gasteiger partial charge in [0.05, 0.1) is 12.7 Å². The third kappa shape index (κ3) is 5.98. The summed E-state index contributed by atoms with van der Waals surface area (Å²) in [6.07, 6.45) is -2.11. The molecule has 1 aromatic rings. The van der Waals surface area contributed by atoms with E-state index in [1.165, 1.54) is 0 Å². The van der Waals surface area contributed by atoms with E-state index < -0.39 is 19.1 Å². The quantitative estimate of drug-likeness (QED) is 0.703. The second-order valence-electron chi connectivity index (χ2n) is 4.16. The first-order valence-electron chi connectivity index (χ1n) is 6.40. The SMILES string of the molecule is CCCOc1ccccc1C(O)CCOCC(F)F.